The van der Waals surface area contributed by atoms with Crippen molar-refractivity contribution in [3.8, 4) is 5.75 Å². The fourth-order valence-corrected chi connectivity index (χ4v) is 1.01. The first-order valence-electron chi connectivity index (χ1n) is 4.72. The van der Waals surface area contributed by atoms with Crippen molar-refractivity contribution in [2.45, 2.75) is 13.8 Å². The number of nitro groups is 1. The lowest BCUT2D eigenvalue weighted by Crippen LogP contribution is -2.01. The number of ether oxygens (including phenoxy) is 1. The van der Waals surface area contributed by atoms with Crippen molar-refractivity contribution in [3.63, 3.8) is 0 Å². The van der Waals surface area contributed by atoms with Crippen molar-refractivity contribution in [2.75, 3.05) is 6.61 Å². The van der Waals surface area contributed by atoms with Gasteiger partial charge < -0.3 is 9.57 Å². The highest BCUT2D eigenvalue weighted by molar-refractivity contribution is 5.72. The summed E-state index contributed by atoms with van der Waals surface area (Å²) in [6.45, 7) is 3.96. The van der Waals surface area contributed by atoms with Gasteiger partial charge in [-0.05, 0) is 18.1 Å². The van der Waals surface area contributed by atoms with Gasteiger partial charge in [0.1, 0.15) is 0 Å². The smallest absolute Gasteiger partial charge is 0.273 e. The van der Waals surface area contributed by atoms with E-state index in [4.69, 9.17) is 9.57 Å². The molecule has 0 aliphatic carbocycles. The molecule has 0 N–H and O–H groups in total. The molecule has 0 radical (unpaired) electrons. The molecular formula is C10H12N2O4. The summed E-state index contributed by atoms with van der Waals surface area (Å²) in [5, 5.41) is 14.1. The maximum Gasteiger partial charge on any atom is 0.273 e. The molecule has 1 rings (SSSR count). The van der Waals surface area contributed by atoms with Crippen LogP contribution in [0.4, 0.5) is 5.69 Å². The van der Waals surface area contributed by atoms with Crippen LogP contribution in [0.3, 0.4) is 0 Å². The van der Waals surface area contributed by atoms with Crippen LogP contribution in [-0.4, -0.2) is 17.4 Å². The van der Waals surface area contributed by atoms with Gasteiger partial charge in [-0.2, -0.15) is 0 Å². The van der Waals surface area contributed by atoms with Gasteiger partial charge in [0.25, 0.3) is 5.69 Å². The van der Waals surface area contributed by atoms with Gasteiger partial charge >= 0.3 is 0 Å². The zero-order chi connectivity index (χ0) is 12.0. The maximum atomic E-state index is 10.5. The summed E-state index contributed by atoms with van der Waals surface area (Å²) in [5.74, 6) is 0.669. The van der Waals surface area contributed by atoms with Crippen molar-refractivity contribution in [3.05, 3.63) is 34.4 Å². The van der Waals surface area contributed by atoms with E-state index in [1.54, 1.807) is 13.0 Å². The molecule has 0 unspecified atom stereocenters. The van der Waals surface area contributed by atoms with E-state index in [0.29, 0.717) is 18.3 Å². The van der Waals surface area contributed by atoms with E-state index >= 15 is 0 Å². The number of hydrogen-bond donors (Lipinski definition) is 0. The molecule has 0 spiro atoms. The monoisotopic (exact) mass is 224 g/mol. The predicted molar refractivity (Wildman–Crippen MR) is 58.5 cm³/mol. The molecule has 6 heteroatoms. The minimum Gasteiger partial charge on any atom is -0.479 e. The van der Waals surface area contributed by atoms with Crippen LogP contribution < -0.4 is 4.84 Å². The summed E-state index contributed by atoms with van der Waals surface area (Å²) in [5.41, 5.74) is -0.0400. The van der Waals surface area contributed by atoms with Crippen LogP contribution in [0.25, 0.3) is 0 Å². The van der Waals surface area contributed by atoms with Gasteiger partial charge in [-0.1, -0.05) is 6.07 Å². The Bertz CT molecular complexity index is 404. The molecule has 1 aromatic carbocycles. The molecule has 0 fully saturated rings. The van der Waals surface area contributed by atoms with Crippen molar-refractivity contribution in [2.24, 2.45) is 5.16 Å². The zero-order valence-corrected chi connectivity index (χ0v) is 9.04. The quantitative estimate of drug-likeness (QED) is 0.340. The third kappa shape index (κ3) is 3.56. The van der Waals surface area contributed by atoms with E-state index in [1.165, 1.54) is 18.2 Å². The molecule has 0 amide bonds. The first-order valence-corrected chi connectivity index (χ1v) is 4.72. The molecule has 86 valence electrons. The Morgan fingerprint density at radius 1 is 1.56 bits per heavy atom. The van der Waals surface area contributed by atoms with Gasteiger partial charge in [0, 0.05) is 13.0 Å². The van der Waals surface area contributed by atoms with Crippen molar-refractivity contribution >= 4 is 11.6 Å². The SMILES string of the molecule is CCO/C(C)=N/Oc1cccc([N+](=O)[O-])c1. The number of nitro benzene ring substituents is 1. The Balaban J connectivity index is 2.71. The average Bonchev–Trinajstić information content (AvgIpc) is 2.27. The normalized spacial score (nSPS) is 11.0. The minimum atomic E-state index is -0.494. The fraction of sp³-hybridized carbons (Fsp3) is 0.300. The first kappa shape index (κ1) is 12.0. The van der Waals surface area contributed by atoms with E-state index in [0.717, 1.165) is 0 Å². The number of rotatable bonds is 4. The first-order chi connectivity index (χ1) is 7.63. The molecule has 0 atom stereocenters. The van der Waals surface area contributed by atoms with Crippen LogP contribution in [0.15, 0.2) is 29.4 Å². The molecule has 0 saturated carbocycles. The zero-order valence-electron chi connectivity index (χ0n) is 9.04. The lowest BCUT2D eigenvalue weighted by atomic mass is 10.3. The summed E-state index contributed by atoms with van der Waals surface area (Å²) in [4.78, 5) is 15.0. The third-order valence-electron chi connectivity index (χ3n) is 1.66. The van der Waals surface area contributed by atoms with E-state index in [9.17, 15) is 10.1 Å². The predicted octanol–water partition coefficient (Wildman–Crippen LogP) is 2.34. The van der Waals surface area contributed by atoms with Crippen molar-refractivity contribution < 1.29 is 14.5 Å². The number of benzene rings is 1. The van der Waals surface area contributed by atoms with E-state index in [1.807, 2.05) is 6.92 Å². The van der Waals surface area contributed by atoms with Crippen LogP contribution >= 0.6 is 0 Å². The highest BCUT2D eigenvalue weighted by Gasteiger charge is 2.06. The summed E-state index contributed by atoms with van der Waals surface area (Å²) in [7, 11) is 0. The number of oxime groups is 1. The molecule has 0 aliphatic rings. The van der Waals surface area contributed by atoms with Gasteiger partial charge in [-0.3, -0.25) is 10.1 Å². The second kappa shape index (κ2) is 5.69. The summed E-state index contributed by atoms with van der Waals surface area (Å²) in [6.07, 6.45) is 0. The van der Waals surface area contributed by atoms with Crippen LogP contribution in [0.2, 0.25) is 0 Å². The molecule has 0 aliphatic heterocycles. The molecule has 16 heavy (non-hydrogen) atoms. The molecular weight excluding hydrogens is 212 g/mol. The van der Waals surface area contributed by atoms with Crippen molar-refractivity contribution in [1.29, 1.82) is 0 Å². The number of hydrogen-bond acceptors (Lipinski definition) is 5. The molecule has 1 aromatic rings. The Morgan fingerprint density at radius 3 is 2.94 bits per heavy atom. The highest BCUT2D eigenvalue weighted by atomic mass is 16.7. The lowest BCUT2D eigenvalue weighted by Gasteiger charge is -2.01. The van der Waals surface area contributed by atoms with Crippen LogP contribution in [-0.2, 0) is 4.74 Å². The van der Waals surface area contributed by atoms with Crippen LogP contribution in [0.5, 0.6) is 5.75 Å². The van der Waals surface area contributed by atoms with E-state index in [-0.39, 0.29) is 5.69 Å². The largest absolute Gasteiger partial charge is 0.479 e. The summed E-state index contributed by atoms with van der Waals surface area (Å²) in [6, 6.07) is 5.78. The molecule has 0 bridgehead atoms. The number of non-ortho nitro benzene ring substituents is 1. The fourth-order valence-electron chi connectivity index (χ4n) is 1.01. The Kier molecular flexibility index (Phi) is 4.26. The van der Waals surface area contributed by atoms with E-state index in [2.05, 4.69) is 5.16 Å². The molecule has 0 saturated heterocycles. The van der Waals surface area contributed by atoms with Crippen LogP contribution in [0, 0.1) is 10.1 Å². The Labute approximate surface area is 92.6 Å². The minimum absolute atomic E-state index is 0.0400. The molecule has 0 aromatic heterocycles. The topological polar surface area (TPSA) is 74.0 Å². The highest BCUT2D eigenvalue weighted by Crippen LogP contribution is 2.19. The second-order valence-electron chi connectivity index (χ2n) is 2.89. The second-order valence-corrected chi connectivity index (χ2v) is 2.89. The van der Waals surface area contributed by atoms with Gasteiger partial charge in [0.15, 0.2) is 5.75 Å². The maximum absolute atomic E-state index is 10.5. The third-order valence-corrected chi connectivity index (χ3v) is 1.66. The standard InChI is InChI=1S/C10H12N2O4/c1-3-15-8(2)11-16-10-6-4-5-9(7-10)12(13)14/h4-7H,3H2,1-2H3/b11-8+. The Hall–Kier alpha value is -2.11. The van der Waals surface area contributed by atoms with Gasteiger partial charge in [-0.15, -0.1) is 0 Å². The lowest BCUT2D eigenvalue weighted by molar-refractivity contribution is -0.384. The van der Waals surface area contributed by atoms with Gasteiger partial charge in [0.05, 0.1) is 17.6 Å². The Morgan fingerprint density at radius 2 is 2.31 bits per heavy atom. The average molecular weight is 224 g/mol. The molecule has 6 nitrogen and oxygen atoms in total. The summed E-state index contributed by atoms with van der Waals surface area (Å²) < 4.78 is 5.03. The van der Waals surface area contributed by atoms with Crippen molar-refractivity contribution in [1.82, 2.24) is 0 Å². The van der Waals surface area contributed by atoms with E-state index < -0.39 is 4.92 Å². The number of nitrogens with zero attached hydrogens (tertiary/aromatic N) is 2. The molecule has 0 heterocycles. The van der Waals surface area contributed by atoms with Gasteiger partial charge in [0.2, 0.25) is 5.90 Å². The summed E-state index contributed by atoms with van der Waals surface area (Å²) >= 11 is 0. The van der Waals surface area contributed by atoms with Crippen LogP contribution in [0.1, 0.15) is 13.8 Å². The van der Waals surface area contributed by atoms with Gasteiger partial charge in [-0.25, -0.2) is 0 Å².